The van der Waals surface area contributed by atoms with Gasteiger partial charge >= 0.3 is 6.18 Å². The molecule has 2 aliphatic heterocycles. The van der Waals surface area contributed by atoms with Crippen LogP contribution in [-0.4, -0.2) is 52.9 Å². The molecule has 0 radical (unpaired) electrons. The van der Waals surface area contributed by atoms with E-state index in [1.807, 2.05) is 6.07 Å². The molecule has 1 saturated heterocycles. The molecule has 0 saturated carbocycles. The summed E-state index contributed by atoms with van der Waals surface area (Å²) in [5, 5.41) is 5.37. The fourth-order valence-electron chi connectivity index (χ4n) is 6.39. The van der Waals surface area contributed by atoms with Crippen LogP contribution in [0.4, 0.5) is 27.8 Å². The molecule has 3 aliphatic rings. The average molecular weight is 585 g/mol. The van der Waals surface area contributed by atoms with Gasteiger partial charge in [-0.2, -0.15) is 13.2 Å². The molecule has 42 heavy (non-hydrogen) atoms. The van der Waals surface area contributed by atoms with Gasteiger partial charge < -0.3 is 15.5 Å². The van der Waals surface area contributed by atoms with Crippen molar-refractivity contribution in [2.24, 2.45) is 0 Å². The van der Waals surface area contributed by atoms with Crippen molar-refractivity contribution in [3.05, 3.63) is 94.2 Å². The molecule has 2 aromatic carbocycles. The maximum absolute atomic E-state index is 14.5. The van der Waals surface area contributed by atoms with Gasteiger partial charge in [-0.25, -0.2) is 13.8 Å². The van der Waals surface area contributed by atoms with Crippen LogP contribution in [0.15, 0.2) is 54.7 Å². The molecule has 3 unspecified atom stereocenters. The molecule has 3 aromatic rings. The number of amides is 3. The summed E-state index contributed by atoms with van der Waals surface area (Å²) < 4.78 is 68.6. The fourth-order valence-corrected chi connectivity index (χ4v) is 6.39. The molecule has 3 heterocycles. The normalized spacial score (nSPS) is 23.4. The van der Waals surface area contributed by atoms with Gasteiger partial charge in [0.1, 0.15) is 18.4 Å². The van der Waals surface area contributed by atoms with E-state index in [1.54, 1.807) is 30.5 Å². The van der Waals surface area contributed by atoms with Crippen LogP contribution >= 0.6 is 0 Å². The molecule has 7 nitrogen and oxygen atoms in total. The molecule has 12 heteroatoms. The van der Waals surface area contributed by atoms with E-state index in [-0.39, 0.29) is 29.9 Å². The van der Waals surface area contributed by atoms with Gasteiger partial charge in [0, 0.05) is 29.8 Å². The quantitative estimate of drug-likeness (QED) is 0.445. The first-order chi connectivity index (χ1) is 19.9. The predicted octanol–water partition coefficient (Wildman–Crippen LogP) is 4.42. The average Bonchev–Trinajstić information content (AvgIpc) is 3.41. The maximum Gasteiger partial charge on any atom is 0.406 e. The second kappa shape index (κ2) is 10.2. The second-order valence-electron chi connectivity index (χ2n) is 11.1. The van der Waals surface area contributed by atoms with E-state index < -0.39 is 60.1 Å². The molecule has 0 bridgehead atoms. The Morgan fingerprint density at radius 2 is 1.83 bits per heavy atom. The highest BCUT2D eigenvalue weighted by Gasteiger charge is 2.51. The Kier molecular flexibility index (Phi) is 6.74. The van der Waals surface area contributed by atoms with Crippen LogP contribution in [0.25, 0.3) is 0 Å². The Labute approximate surface area is 237 Å². The van der Waals surface area contributed by atoms with Gasteiger partial charge in [0.2, 0.25) is 11.8 Å². The van der Waals surface area contributed by atoms with E-state index in [2.05, 4.69) is 15.6 Å². The van der Waals surface area contributed by atoms with Gasteiger partial charge in [-0.3, -0.25) is 14.4 Å². The summed E-state index contributed by atoms with van der Waals surface area (Å²) in [4.78, 5) is 44.3. The molecule has 1 aliphatic carbocycles. The monoisotopic (exact) mass is 584 g/mol. The van der Waals surface area contributed by atoms with Crippen molar-refractivity contribution in [2.45, 2.75) is 49.2 Å². The second-order valence-corrected chi connectivity index (χ2v) is 11.1. The topological polar surface area (TPSA) is 91.4 Å². The lowest BCUT2D eigenvalue weighted by molar-refractivity contribution is -0.162. The van der Waals surface area contributed by atoms with Crippen molar-refractivity contribution in [1.29, 1.82) is 0 Å². The Balaban J connectivity index is 1.23. The number of aromatic nitrogens is 1. The molecule has 2 N–H and O–H groups in total. The van der Waals surface area contributed by atoms with Crippen LogP contribution in [0.2, 0.25) is 0 Å². The molecule has 3 atom stereocenters. The van der Waals surface area contributed by atoms with Crippen molar-refractivity contribution in [3.8, 4) is 0 Å². The maximum atomic E-state index is 14.5. The number of hydrogen-bond donors (Lipinski definition) is 2. The van der Waals surface area contributed by atoms with Gasteiger partial charge in [-0.05, 0) is 66.6 Å². The standard InChI is InChI=1S/C30H25F5N4O3/c31-22-5-1-3-20(24(22)32)18-8-9-23(27(41)39(14-18)15-30(33,34)35)37-26(40)16-6-7-17-12-29(13-19(17)11-16)21-4-2-10-36-25(21)38-28(29)42/h1-7,10-11,18,23H,8-9,12-15H2,(H,37,40)(H,36,38,42). The van der Waals surface area contributed by atoms with Gasteiger partial charge in [0.25, 0.3) is 5.91 Å². The first-order valence-corrected chi connectivity index (χ1v) is 13.4. The minimum absolute atomic E-state index is 0.0423. The number of rotatable bonds is 4. The minimum atomic E-state index is -4.74. The molecule has 218 valence electrons. The number of carbonyl (C=O) groups excluding carboxylic acids is 3. The van der Waals surface area contributed by atoms with Crippen molar-refractivity contribution >= 4 is 23.5 Å². The molecule has 1 spiro atoms. The zero-order valence-electron chi connectivity index (χ0n) is 22.1. The van der Waals surface area contributed by atoms with Crippen LogP contribution in [0.3, 0.4) is 0 Å². The first kappa shape index (κ1) is 27.8. The number of nitrogens with one attached hydrogen (secondary N) is 2. The number of alkyl halides is 3. The number of likely N-dealkylation sites (tertiary alicyclic amines) is 1. The summed E-state index contributed by atoms with van der Waals surface area (Å²) in [5.41, 5.74) is 1.62. The number of fused-ring (bicyclic) bond motifs is 3. The van der Waals surface area contributed by atoms with Crippen molar-refractivity contribution in [2.75, 3.05) is 18.4 Å². The van der Waals surface area contributed by atoms with Crippen molar-refractivity contribution < 1.29 is 36.3 Å². The molecule has 1 fully saturated rings. The van der Waals surface area contributed by atoms with Gasteiger partial charge in [0.05, 0.1) is 5.41 Å². The highest BCUT2D eigenvalue weighted by atomic mass is 19.4. The highest BCUT2D eigenvalue weighted by molar-refractivity contribution is 6.06. The van der Waals surface area contributed by atoms with E-state index in [4.69, 9.17) is 0 Å². The van der Waals surface area contributed by atoms with Gasteiger partial charge in [-0.15, -0.1) is 0 Å². The lowest BCUT2D eigenvalue weighted by Gasteiger charge is -2.27. The number of benzene rings is 2. The predicted molar refractivity (Wildman–Crippen MR) is 141 cm³/mol. The van der Waals surface area contributed by atoms with Crippen LogP contribution in [0, 0.1) is 11.6 Å². The number of anilines is 1. The third-order valence-corrected chi connectivity index (χ3v) is 8.39. The third-order valence-electron chi connectivity index (χ3n) is 8.39. The number of hydrogen-bond acceptors (Lipinski definition) is 4. The summed E-state index contributed by atoms with van der Waals surface area (Å²) in [5.74, 6) is -4.51. The van der Waals surface area contributed by atoms with E-state index >= 15 is 0 Å². The molecule has 6 rings (SSSR count). The van der Waals surface area contributed by atoms with Crippen molar-refractivity contribution in [1.82, 2.24) is 15.2 Å². The Bertz CT molecular complexity index is 1610. The summed E-state index contributed by atoms with van der Waals surface area (Å²) in [7, 11) is 0. The zero-order valence-corrected chi connectivity index (χ0v) is 22.1. The van der Waals surface area contributed by atoms with E-state index in [9.17, 15) is 36.3 Å². The highest BCUT2D eigenvalue weighted by Crippen LogP contribution is 2.46. The number of carbonyl (C=O) groups is 3. The number of pyridine rings is 1. The number of halogens is 5. The molecular weight excluding hydrogens is 559 g/mol. The zero-order chi connectivity index (χ0) is 29.8. The van der Waals surface area contributed by atoms with Gasteiger partial charge in [0.15, 0.2) is 11.6 Å². The molecule has 1 aromatic heterocycles. The third kappa shape index (κ3) is 4.88. The molecular formula is C30H25F5N4O3. The summed E-state index contributed by atoms with van der Waals surface area (Å²) in [6.07, 6.45) is -2.44. The minimum Gasteiger partial charge on any atom is -0.340 e. The first-order valence-electron chi connectivity index (χ1n) is 13.4. The summed E-state index contributed by atoms with van der Waals surface area (Å²) >= 11 is 0. The van der Waals surface area contributed by atoms with E-state index in [0.717, 1.165) is 22.8 Å². The van der Waals surface area contributed by atoms with E-state index in [0.29, 0.717) is 23.6 Å². The fraction of sp³-hybridized carbons (Fsp3) is 0.333. The summed E-state index contributed by atoms with van der Waals surface area (Å²) in [6.45, 7) is -2.07. The van der Waals surface area contributed by atoms with Gasteiger partial charge in [-0.1, -0.05) is 24.3 Å². The number of nitrogens with zero attached hydrogens (tertiary/aromatic N) is 2. The lowest BCUT2D eigenvalue weighted by Crippen LogP contribution is -2.50. The lowest BCUT2D eigenvalue weighted by atomic mass is 9.79. The van der Waals surface area contributed by atoms with Crippen LogP contribution < -0.4 is 10.6 Å². The Morgan fingerprint density at radius 3 is 2.62 bits per heavy atom. The SMILES string of the molecule is O=C(NC1CCC(c2cccc(F)c2F)CN(CC(F)(F)F)C1=O)c1ccc2c(c1)CC1(C2)C(=O)Nc2ncccc21. The summed E-state index contributed by atoms with van der Waals surface area (Å²) in [6, 6.07) is 10.6. The smallest absolute Gasteiger partial charge is 0.340 e. The Hall–Kier alpha value is -4.35. The van der Waals surface area contributed by atoms with Crippen LogP contribution in [-0.2, 0) is 27.8 Å². The van der Waals surface area contributed by atoms with E-state index in [1.165, 1.54) is 12.1 Å². The Morgan fingerprint density at radius 1 is 1.05 bits per heavy atom. The van der Waals surface area contributed by atoms with Crippen LogP contribution in [0.1, 0.15) is 51.4 Å². The largest absolute Gasteiger partial charge is 0.406 e. The van der Waals surface area contributed by atoms with Crippen molar-refractivity contribution in [3.63, 3.8) is 0 Å². The molecule has 3 amide bonds. The van der Waals surface area contributed by atoms with Crippen LogP contribution in [0.5, 0.6) is 0 Å².